The summed E-state index contributed by atoms with van der Waals surface area (Å²) in [7, 11) is 1.23. The zero-order chi connectivity index (χ0) is 42.1. The summed E-state index contributed by atoms with van der Waals surface area (Å²) in [4.78, 5) is 25.3. The second kappa shape index (κ2) is 40.1. The summed E-state index contributed by atoms with van der Waals surface area (Å²) in [6.07, 6.45) is 49.3. The molecule has 0 rings (SSSR count). The number of rotatable bonds is 43. The molecule has 0 aromatic rings. The maximum absolute atomic E-state index is 12.8. The number of hydrogen-bond acceptors (Lipinski definition) is 6. The van der Waals surface area contributed by atoms with Crippen molar-refractivity contribution >= 4 is 13.7 Å². The predicted octanol–water partition coefficient (Wildman–Crippen LogP) is 12.8. The molecule has 9 heteroatoms. The predicted molar refractivity (Wildman–Crippen MR) is 242 cm³/mol. The van der Waals surface area contributed by atoms with Gasteiger partial charge in [0.2, 0.25) is 5.91 Å². The van der Waals surface area contributed by atoms with Crippen LogP contribution >= 0.6 is 7.82 Å². The van der Waals surface area contributed by atoms with E-state index in [1.807, 2.05) is 39.4 Å². The number of nitrogens with one attached hydrogen (secondary N) is 1. The van der Waals surface area contributed by atoms with Gasteiger partial charge >= 0.3 is 0 Å². The van der Waals surface area contributed by atoms with E-state index in [0.29, 0.717) is 11.0 Å². The normalized spacial score (nSPS) is 14.6. The molecule has 3 atom stereocenters. The van der Waals surface area contributed by atoms with Gasteiger partial charge in [-0.15, -0.1) is 0 Å². The van der Waals surface area contributed by atoms with Gasteiger partial charge in [-0.3, -0.25) is 9.36 Å². The van der Waals surface area contributed by atoms with Crippen LogP contribution in [-0.2, 0) is 18.4 Å². The number of amides is 1. The number of carbonyl (C=O) groups is 1. The fourth-order valence-electron chi connectivity index (χ4n) is 6.81. The minimum Gasteiger partial charge on any atom is -0.756 e. The van der Waals surface area contributed by atoms with Gasteiger partial charge in [0, 0.05) is 6.42 Å². The quantitative estimate of drug-likeness (QED) is 0.0274. The molecule has 0 heterocycles. The van der Waals surface area contributed by atoms with Crippen LogP contribution < -0.4 is 10.2 Å². The van der Waals surface area contributed by atoms with Crippen LogP contribution in [0.4, 0.5) is 0 Å². The lowest BCUT2D eigenvalue weighted by Gasteiger charge is -2.29. The van der Waals surface area contributed by atoms with Crippen molar-refractivity contribution in [2.75, 3.05) is 40.9 Å². The van der Waals surface area contributed by atoms with E-state index in [0.717, 1.165) is 25.7 Å². The van der Waals surface area contributed by atoms with Gasteiger partial charge in [0.1, 0.15) is 13.2 Å². The Morgan fingerprint density at radius 2 is 1.02 bits per heavy atom. The monoisotopic (exact) mass is 825 g/mol. The lowest BCUT2D eigenvalue weighted by atomic mass is 10.0. The third-order valence-corrected chi connectivity index (χ3v) is 11.6. The molecule has 57 heavy (non-hydrogen) atoms. The van der Waals surface area contributed by atoms with Gasteiger partial charge < -0.3 is 28.8 Å². The average Bonchev–Trinajstić information content (AvgIpc) is 3.16. The Bertz CT molecular complexity index is 1030. The minimum atomic E-state index is -4.60. The molecule has 1 unspecified atom stereocenters. The third-order valence-electron chi connectivity index (χ3n) is 10.6. The largest absolute Gasteiger partial charge is 0.756 e. The molecule has 0 bridgehead atoms. The van der Waals surface area contributed by atoms with Crippen LogP contribution in [0.5, 0.6) is 0 Å². The number of carbonyl (C=O) groups excluding carboxylic acids is 1. The molecule has 0 aromatic heterocycles. The van der Waals surface area contributed by atoms with Crippen molar-refractivity contribution in [3.05, 3.63) is 36.5 Å². The molecule has 1 amide bonds. The fraction of sp³-hybridized carbons (Fsp3) is 0.854. The standard InChI is InChI=1S/C48H93N2O6P/c1-6-8-10-12-14-16-18-20-21-22-23-24-25-26-27-28-30-32-34-36-38-40-42-48(52)49-46(45-56-57(53,54)55-44-43-50(3,4)5)47(51)41-39-37-35-33-31-29-19-17-15-13-11-9-7-2/h32,34,37-40,46-47,51H,6-31,33,35-36,41-45H2,1-5H3,(H-,49,52,53,54)/t46-,47+/m0/s1. The van der Waals surface area contributed by atoms with Crippen LogP contribution in [0.15, 0.2) is 36.5 Å². The lowest BCUT2D eigenvalue weighted by Crippen LogP contribution is -2.46. The van der Waals surface area contributed by atoms with E-state index in [9.17, 15) is 19.4 Å². The highest BCUT2D eigenvalue weighted by Crippen LogP contribution is 2.38. The van der Waals surface area contributed by atoms with E-state index in [1.54, 1.807) is 0 Å². The van der Waals surface area contributed by atoms with E-state index < -0.39 is 26.6 Å². The van der Waals surface area contributed by atoms with Crippen molar-refractivity contribution in [3.8, 4) is 0 Å². The molecular formula is C48H93N2O6P. The molecule has 0 spiro atoms. The SMILES string of the molecule is CCCCCCCCCCCCC=CC[C@@H](O)[C@H](COP(=O)([O-])OCC[N+](C)(C)C)NC(=O)CC=CCC=CCCCCCCCCCCCCCCCCCC. The maximum atomic E-state index is 12.8. The molecule has 0 fully saturated rings. The second-order valence-corrected chi connectivity index (χ2v) is 18.9. The van der Waals surface area contributed by atoms with Crippen LogP contribution in [0.1, 0.15) is 213 Å². The number of aliphatic hydroxyl groups excluding tert-OH is 1. The zero-order valence-electron chi connectivity index (χ0n) is 38.0. The number of aliphatic hydroxyl groups is 1. The van der Waals surface area contributed by atoms with Crippen molar-refractivity contribution in [2.45, 2.75) is 225 Å². The smallest absolute Gasteiger partial charge is 0.268 e. The topological polar surface area (TPSA) is 108 Å². The van der Waals surface area contributed by atoms with Gasteiger partial charge in [-0.2, -0.15) is 0 Å². The number of phosphoric acid groups is 1. The van der Waals surface area contributed by atoms with Crippen LogP contribution in [0.25, 0.3) is 0 Å². The molecule has 0 saturated heterocycles. The Hall–Kier alpha value is -1.28. The van der Waals surface area contributed by atoms with Gasteiger partial charge in [0.25, 0.3) is 7.82 Å². The number of likely N-dealkylation sites (N-methyl/N-ethyl adjacent to an activating group) is 1. The van der Waals surface area contributed by atoms with Crippen molar-refractivity contribution < 1.29 is 32.9 Å². The molecule has 2 N–H and O–H groups in total. The van der Waals surface area contributed by atoms with Gasteiger partial charge in [-0.1, -0.05) is 204 Å². The molecule has 0 aliphatic rings. The lowest BCUT2D eigenvalue weighted by molar-refractivity contribution is -0.870. The number of unbranched alkanes of at least 4 members (excludes halogenated alkanes) is 26. The molecule has 0 saturated carbocycles. The first-order chi connectivity index (χ1) is 27.5. The van der Waals surface area contributed by atoms with Crippen LogP contribution in [0.3, 0.4) is 0 Å². The van der Waals surface area contributed by atoms with E-state index in [4.69, 9.17) is 9.05 Å². The molecule has 0 aliphatic heterocycles. The van der Waals surface area contributed by atoms with Gasteiger partial charge in [0.15, 0.2) is 0 Å². The zero-order valence-corrected chi connectivity index (χ0v) is 38.9. The number of nitrogens with zero attached hydrogens (tertiary/aromatic N) is 1. The molecule has 8 nitrogen and oxygen atoms in total. The average molecular weight is 825 g/mol. The number of quaternary nitrogens is 1. The molecule has 0 radical (unpaired) electrons. The summed E-state index contributed by atoms with van der Waals surface area (Å²) in [5.74, 6) is -0.294. The molecule has 0 aromatic carbocycles. The fourth-order valence-corrected chi connectivity index (χ4v) is 7.53. The highest BCUT2D eigenvalue weighted by molar-refractivity contribution is 7.45. The highest BCUT2D eigenvalue weighted by Gasteiger charge is 2.23. The van der Waals surface area contributed by atoms with Gasteiger partial charge in [-0.05, 0) is 38.5 Å². The Labute approximate surface area is 353 Å². The van der Waals surface area contributed by atoms with E-state index >= 15 is 0 Å². The highest BCUT2D eigenvalue weighted by atomic mass is 31.2. The Kier molecular flexibility index (Phi) is 39.2. The Balaban J connectivity index is 4.38. The van der Waals surface area contributed by atoms with E-state index in [2.05, 4.69) is 37.4 Å². The van der Waals surface area contributed by atoms with E-state index in [1.165, 1.54) is 161 Å². The number of allylic oxidation sites excluding steroid dienone is 4. The summed E-state index contributed by atoms with van der Waals surface area (Å²) in [6, 6.07) is -0.892. The first-order valence-electron chi connectivity index (χ1n) is 23.8. The number of phosphoric ester groups is 1. The Morgan fingerprint density at radius 3 is 1.46 bits per heavy atom. The first-order valence-corrected chi connectivity index (χ1v) is 25.3. The maximum Gasteiger partial charge on any atom is 0.268 e. The summed E-state index contributed by atoms with van der Waals surface area (Å²) in [5.41, 5.74) is 0. The van der Waals surface area contributed by atoms with Crippen molar-refractivity contribution in [2.24, 2.45) is 0 Å². The van der Waals surface area contributed by atoms with E-state index in [-0.39, 0.29) is 25.4 Å². The molecule has 0 aliphatic carbocycles. The second-order valence-electron chi connectivity index (χ2n) is 17.5. The van der Waals surface area contributed by atoms with Crippen molar-refractivity contribution in [3.63, 3.8) is 0 Å². The van der Waals surface area contributed by atoms with Gasteiger partial charge in [0.05, 0.1) is 39.9 Å². The van der Waals surface area contributed by atoms with Crippen molar-refractivity contribution in [1.29, 1.82) is 0 Å². The minimum absolute atomic E-state index is 0.00962. The van der Waals surface area contributed by atoms with Crippen molar-refractivity contribution in [1.82, 2.24) is 5.32 Å². The summed E-state index contributed by atoms with van der Waals surface area (Å²) in [5, 5.41) is 13.8. The molecular weight excluding hydrogens is 732 g/mol. The van der Waals surface area contributed by atoms with Gasteiger partial charge in [-0.25, -0.2) is 0 Å². The summed E-state index contributed by atoms with van der Waals surface area (Å²) >= 11 is 0. The first kappa shape index (κ1) is 55.7. The van der Waals surface area contributed by atoms with Crippen LogP contribution in [0.2, 0.25) is 0 Å². The molecule has 336 valence electrons. The van der Waals surface area contributed by atoms with Crippen LogP contribution in [-0.4, -0.2) is 68.5 Å². The summed E-state index contributed by atoms with van der Waals surface area (Å²) in [6.45, 7) is 4.62. The third kappa shape index (κ3) is 42.6. The summed E-state index contributed by atoms with van der Waals surface area (Å²) < 4.78 is 23.2. The van der Waals surface area contributed by atoms with Crippen LogP contribution in [0, 0.1) is 0 Å². The Morgan fingerprint density at radius 1 is 0.614 bits per heavy atom. The number of hydrogen-bond donors (Lipinski definition) is 2.